The van der Waals surface area contributed by atoms with Crippen molar-refractivity contribution in [3.05, 3.63) is 46.6 Å². The van der Waals surface area contributed by atoms with Crippen molar-refractivity contribution in [3.63, 3.8) is 0 Å². The van der Waals surface area contributed by atoms with E-state index in [0.29, 0.717) is 27.3 Å². The van der Waals surface area contributed by atoms with Crippen LogP contribution < -0.4 is 24.8 Å². The van der Waals surface area contributed by atoms with E-state index in [1.165, 1.54) is 22.3 Å². The zero-order valence-corrected chi connectivity index (χ0v) is 21.5. The summed E-state index contributed by atoms with van der Waals surface area (Å²) >= 11 is 0.312. The molecule has 0 bridgehead atoms. The van der Waals surface area contributed by atoms with Crippen molar-refractivity contribution in [3.8, 4) is 0 Å². The Balaban J connectivity index is -0.000000112. The molecule has 0 N–H and O–H groups in total. The molecule has 2 aliphatic carbocycles. The minimum absolute atomic E-state index is 0. The van der Waals surface area contributed by atoms with Crippen LogP contribution in [0.4, 0.5) is 0 Å². The van der Waals surface area contributed by atoms with E-state index in [-0.39, 0.29) is 51.0 Å². The molecule has 2 rings (SSSR count). The van der Waals surface area contributed by atoms with E-state index in [4.69, 9.17) is 0 Å². The Morgan fingerprint density at radius 1 is 0.955 bits per heavy atom. The Bertz CT molecular complexity index is 391. The zero-order chi connectivity index (χ0) is 15.0. The van der Waals surface area contributed by atoms with E-state index < -0.39 is 0 Å². The van der Waals surface area contributed by atoms with Crippen LogP contribution >= 0.6 is 0 Å². The smallest absolute Gasteiger partial charge is 1.00 e. The molecule has 0 heterocycles. The second-order valence-corrected chi connectivity index (χ2v) is 7.85. The molecular formula is C18H29Cl2GeZr. The Morgan fingerprint density at radius 3 is 1.50 bits per heavy atom. The summed E-state index contributed by atoms with van der Waals surface area (Å²) in [6.07, 6.45) is 11.0. The van der Waals surface area contributed by atoms with Crippen molar-refractivity contribution in [1.82, 2.24) is 0 Å². The predicted octanol–water partition coefficient (Wildman–Crippen LogP) is -0.812. The minimum atomic E-state index is 0. The third kappa shape index (κ3) is 13.4. The average Bonchev–Trinajstić information content (AvgIpc) is 2.72. The van der Waals surface area contributed by atoms with Crippen LogP contribution in [0.1, 0.15) is 41.5 Å². The molecule has 2 unspecified atom stereocenters. The van der Waals surface area contributed by atoms with Crippen molar-refractivity contribution in [2.75, 3.05) is 0 Å². The molecule has 0 spiro atoms. The second kappa shape index (κ2) is 16.8. The quantitative estimate of drug-likeness (QED) is 0.315. The molecule has 0 aromatic heterocycles. The van der Waals surface area contributed by atoms with Gasteiger partial charge in [0.05, 0.1) is 0 Å². The monoisotopic (exact) mass is 479 g/mol. The Kier molecular flexibility index (Phi) is 23.5. The maximum absolute atomic E-state index is 3.29. The van der Waals surface area contributed by atoms with E-state index in [2.05, 4.69) is 77.4 Å². The first-order chi connectivity index (χ1) is 8.81. The molecule has 0 aliphatic heterocycles. The molecule has 0 fully saturated rings. The van der Waals surface area contributed by atoms with E-state index in [1.807, 2.05) is 0 Å². The summed E-state index contributed by atoms with van der Waals surface area (Å²) in [5.41, 5.74) is 5.42. The first kappa shape index (κ1) is 30.8. The molecule has 4 heteroatoms. The van der Waals surface area contributed by atoms with E-state index in [9.17, 15) is 0 Å². The molecule has 123 valence electrons. The van der Waals surface area contributed by atoms with Gasteiger partial charge in [-0.3, -0.25) is 12.2 Å². The van der Waals surface area contributed by atoms with Gasteiger partial charge in [-0.05, 0) is 0 Å². The van der Waals surface area contributed by atoms with Gasteiger partial charge in [0.15, 0.2) is 0 Å². The van der Waals surface area contributed by atoms with Crippen LogP contribution in [0.5, 0.6) is 0 Å². The Labute approximate surface area is 176 Å². The molecule has 0 amide bonds. The van der Waals surface area contributed by atoms with Gasteiger partial charge in [-0.2, -0.15) is 11.6 Å². The van der Waals surface area contributed by atoms with Gasteiger partial charge in [0.1, 0.15) is 0 Å². The van der Waals surface area contributed by atoms with Gasteiger partial charge in [-0.15, -0.1) is 6.92 Å². The first-order valence-electron chi connectivity index (χ1n) is 7.12. The normalized spacial score (nSPS) is 20.9. The van der Waals surface area contributed by atoms with Crippen molar-refractivity contribution in [2.45, 2.75) is 53.1 Å². The summed E-state index contributed by atoms with van der Waals surface area (Å²) in [5, 5.41) is 0. The molecule has 0 saturated heterocycles. The minimum Gasteiger partial charge on any atom is -1.00 e. The van der Waals surface area contributed by atoms with E-state index in [0.717, 1.165) is 0 Å². The third-order valence-corrected chi connectivity index (χ3v) is 3.11. The van der Waals surface area contributed by atoms with E-state index in [1.54, 1.807) is 0 Å². The second-order valence-electron chi connectivity index (χ2n) is 5.42. The van der Waals surface area contributed by atoms with Gasteiger partial charge in [0.2, 0.25) is 0 Å². The molecule has 0 aromatic rings. The van der Waals surface area contributed by atoms with Crippen molar-refractivity contribution >= 4 is 15.4 Å². The Hall–Kier alpha value is 0.966. The molecule has 0 nitrogen and oxygen atoms in total. The fraction of sp³-hybridized carbons (Fsp3) is 0.556. The SMILES string of the molecule is CC1=[C-]C(C)C(C)=C1.CC1=[C-]C(C)C=C1C.[CH3][GeH][CH3].[Cl-].[Cl-].[Zr+4]. The number of hydrogen-bond acceptors (Lipinski definition) is 0. The summed E-state index contributed by atoms with van der Waals surface area (Å²) in [7, 11) is 0. The predicted molar refractivity (Wildman–Crippen MR) is 89.6 cm³/mol. The number of rotatable bonds is 0. The number of halogens is 2. The van der Waals surface area contributed by atoms with Crippen LogP contribution in [0, 0.1) is 24.0 Å². The van der Waals surface area contributed by atoms with Gasteiger partial charge in [-0.25, -0.2) is 22.8 Å². The van der Waals surface area contributed by atoms with Crippen molar-refractivity contribution in [2.24, 2.45) is 11.8 Å². The molecule has 22 heavy (non-hydrogen) atoms. The number of allylic oxidation sites excluding steroid dienone is 8. The van der Waals surface area contributed by atoms with Crippen LogP contribution in [-0.2, 0) is 26.2 Å². The molecule has 0 saturated carbocycles. The largest absolute Gasteiger partial charge is 4.00 e. The summed E-state index contributed by atoms with van der Waals surface area (Å²) in [5.74, 6) is 5.68. The summed E-state index contributed by atoms with van der Waals surface area (Å²) in [6.45, 7) is 12.8. The molecule has 1 radical (unpaired) electrons. The van der Waals surface area contributed by atoms with Crippen molar-refractivity contribution in [1.29, 1.82) is 0 Å². The summed E-state index contributed by atoms with van der Waals surface area (Å²) in [6, 6.07) is 0. The van der Waals surface area contributed by atoms with E-state index >= 15 is 0 Å². The maximum Gasteiger partial charge on any atom is 4.00 e. The van der Waals surface area contributed by atoms with Gasteiger partial charge >= 0.3 is 53.1 Å². The topological polar surface area (TPSA) is 0 Å². The van der Waals surface area contributed by atoms with Gasteiger partial charge in [0.25, 0.3) is 0 Å². The molecule has 2 aliphatic rings. The van der Waals surface area contributed by atoms with Crippen LogP contribution in [0.3, 0.4) is 0 Å². The molecule has 2 atom stereocenters. The molecular weight excluding hydrogens is 451 g/mol. The zero-order valence-electron chi connectivity index (χ0n) is 15.1. The summed E-state index contributed by atoms with van der Waals surface area (Å²) < 4.78 is 0. The van der Waals surface area contributed by atoms with Crippen molar-refractivity contribution < 1.29 is 51.0 Å². The Morgan fingerprint density at radius 2 is 1.41 bits per heavy atom. The summed E-state index contributed by atoms with van der Waals surface area (Å²) in [4.78, 5) is 0. The molecule has 0 aromatic carbocycles. The number of hydrogen-bond donors (Lipinski definition) is 0. The van der Waals surface area contributed by atoms with Gasteiger partial charge < -0.3 is 24.8 Å². The average molecular weight is 480 g/mol. The van der Waals surface area contributed by atoms with Gasteiger partial charge in [-0.1, -0.05) is 46.5 Å². The van der Waals surface area contributed by atoms with Crippen LogP contribution in [0.2, 0.25) is 11.5 Å². The standard InChI is InChI=1S/2C8H11.C2H7Ge.2ClH.Zr/c2*1-6-4-7(2)8(3)5-6;1-3-2;;;/h4,8H,1-3H3;4,6H,1-3H3;3H,1-2H3;2*1H;/q2*-1;;;;+4/p-2. The maximum atomic E-state index is 3.29. The van der Waals surface area contributed by atoms with Gasteiger partial charge in [0, 0.05) is 0 Å². The fourth-order valence-corrected chi connectivity index (χ4v) is 1.96. The fourth-order valence-electron chi connectivity index (χ4n) is 1.96. The van der Waals surface area contributed by atoms with Crippen LogP contribution in [0.15, 0.2) is 34.4 Å². The first-order valence-corrected chi connectivity index (χ1v) is 12.0. The third-order valence-electron chi connectivity index (χ3n) is 3.11. The van der Waals surface area contributed by atoms with Crippen LogP contribution in [0.25, 0.3) is 0 Å². The van der Waals surface area contributed by atoms with Crippen LogP contribution in [-0.4, -0.2) is 15.4 Å².